The van der Waals surface area contributed by atoms with Crippen LogP contribution in [0.3, 0.4) is 0 Å². The van der Waals surface area contributed by atoms with Crippen LogP contribution in [0, 0.1) is 5.92 Å². The minimum absolute atomic E-state index is 0.0736. The van der Waals surface area contributed by atoms with Gasteiger partial charge in [0.2, 0.25) is 0 Å². The van der Waals surface area contributed by atoms with Crippen LogP contribution in [0.25, 0.3) is 0 Å². The van der Waals surface area contributed by atoms with Crippen LogP contribution in [0.15, 0.2) is 18.2 Å². The monoisotopic (exact) mass is 274 g/mol. The third-order valence-corrected chi connectivity index (χ3v) is 4.29. The van der Waals surface area contributed by atoms with Crippen LogP contribution in [-0.4, -0.2) is 19.1 Å². The molecule has 1 aromatic rings. The molecule has 4 nitrogen and oxygen atoms in total. The van der Waals surface area contributed by atoms with Crippen LogP contribution in [0.4, 0.5) is 5.69 Å². The second kappa shape index (κ2) is 5.83. The Labute approximate surface area is 119 Å². The number of amides is 1. The first-order chi connectivity index (χ1) is 9.78. The molecule has 2 aliphatic rings. The SMILES string of the molecule is CCNC(c1ccc2c(c1)NC(=O)CO2)C1CCCC1. The maximum absolute atomic E-state index is 11.4. The zero-order valence-corrected chi connectivity index (χ0v) is 11.9. The number of ether oxygens (including phenoxy) is 1. The van der Waals surface area contributed by atoms with Crippen LogP contribution in [0.1, 0.15) is 44.2 Å². The van der Waals surface area contributed by atoms with Gasteiger partial charge in [-0.15, -0.1) is 0 Å². The first-order valence-corrected chi connectivity index (χ1v) is 7.58. The molecule has 0 bridgehead atoms. The summed E-state index contributed by atoms with van der Waals surface area (Å²) in [6.45, 7) is 3.22. The molecule has 1 unspecified atom stereocenters. The standard InChI is InChI=1S/C16H22N2O2/c1-2-17-16(11-5-3-4-6-11)12-7-8-14-13(9-12)18-15(19)10-20-14/h7-9,11,16-17H,2-6,10H2,1H3,(H,18,19). The molecular weight excluding hydrogens is 252 g/mol. The van der Waals surface area contributed by atoms with E-state index in [0.717, 1.165) is 18.0 Å². The fourth-order valence-electron chi connectivity index (χ4n) is 3.36. The van der Waals surface area contributed by atoms with Crippen LogP contribution in [0.2, 0.25) is 0 Å². The molecule has 1 heterocycles. The van der Waals surface area contributed by atoms with Gasteiger partial charge in [-0.2, -0.15) is 0 Å². The Morgan fingerprint density at radius 2 is 2.20 bits per heavy atom. The molecular formula is C16H22N2O2. The maximum Gasteiger partial charge on any atom is 0.262 e. The molecule has 1 saturated carbocycles. The molecule has 0 aromatic heterocycles. The second-order valence-electron chi connectivity index (χ2n) is 5.67. The lowest BCUT2D eigenvalue weighted by molar-refractivity contribution is -0.118. The topological polar surface area (TPSA) is 50.4 Å². The molecule has 0 spiro atoms. The number of nitrogens with one attached hydrogen (secondary N) is 2. The van der Waals surface area contributed by atoms with Crippen molar-refractivity contribution in [3.8, 4) is 5.75 Å². The number of rotatable bonds is 4. The van der Waals surface area contributed by atoms with Crippen molar-refractivity contribution in [2.45, 2.75) is 38.6 Å². The highest BCUT2D eigenvalue weighted by atomic mass is 16.5. The largest absolute Gasteiger partial charge is 0.482 e. The summed E-state index contributed by atoms with van der Waals surface area (Å²) in [7, 11) is 0. The van der Waals surface area contributed by atoms with Gasteiger partial charge >= 0.3 is 0 Å². The quantitative estimate of drug-likeness (QED) is 0.887. The molecule has 20 heavy (non-hydrogen) atoms. The van der Waals surface area contributed by atoms with E-state index in [4.69, 9.17) is 4.74 Å². The highest BCUT2D eigenvalue weighted by Crippen LogP contribution is 2.38. The van der Waals surface area contributed by atoms with Crippen molar-refractivity contribution in [3.05, 3.63) is 23.8 Å². The first kappa shape index (κ1) is 13.4. The van der Waals surface area contributed by atoms with Crippen LogP contribution in [0.5, 0.6) is 5.75 Å². The number of carbonyl (C=O) groups is 1. The van der Waals surface area contributed by atoms with E-state index in [0.29, 0.717) is 12.0 Å². The molecule has 1 aliphatic carbocycles. The van der Waals surface area contributed by atoms with Gasteiger partial charge in [0.25, 0.3) is 5.91 Å². The Morgan fingerprint density at radius 3 is 2.95 bits per heavy atom. The highest BCUT2D eigenvalue weighted by Gasteiger charge is 2.27. The molecule has 3 rings (SSSR count). The molecule has 1 atom stereocenters. The predicted octanol–water partition coefficient (Wildman–Crippen LogP) is 2.86. The lowest BCUT2D eigenvalue weighted by atomic mass is 9.91. The highest BCUT2D eigenvalue weighted by molar-refractivity contribution is 5.95. The van der Waals surface area contributed by atoms with Gasteiger partial charge in [-0.25, -0.2) is 0 Å². The van der Waals surface area contributed by atoms with Gasteiger partial charge in [0, 0.05) is 6.04 Å². The minimum atomic E-state index is -0.0736. The van der Waals surface area contributed by atoms with Crippen molar-refractivity contribution >= 4 is 11.6 Å². The van der Waals surface area contributed by atoms with Gasteiger partial charge < -0.3 is 15.4 Å². The van der Waals surface area contributed by atoms with E-state index in [-0.39, 0.29) is 12.5 Å². The van der Waals surface area contributed by atoms with E-state index >= 15 is 0 Å². The second-order valence-corrected chi connectivity index (χ2v) is 5.67. The van der Waals surface area contributed by atoms with E-state index in [1.165, 1.54) is 31.2 Å². The summed E-state index contributed by atoms with van der Waals surface area (Å²) in [6, 6.07) is 6.55. The predicted molar refractivity (Wildman–Crippen MR) is 78.9 cm³/mol. The van der Waals surface area contributed by atoms with E-state index in [1.54, 1.807) is 0 Å². The van der Waals surface area contributed by atoms with Crippen molar-refractivity contribution < 1.29 is 9.53 Å². The molecule has 2 N–H and O–H groups in total. The van der Waals surface area contributed by atoms with E-state index in [9.17, 15) is 4.79 Å². The van der Waals surface area contributed by atoms with Crippen molar-refractivity contribution in [3.63, 3.8) is 0 Å². The molecule has 4 heteroatoms. The third kappa shape index (κ3) is 2.66. The summed E-state index contributed by atoms with van der Waals surface area (Å²) in [6.07, 6.45) is 5.24. The number of hydrogen-bond acceptors (Lipinski definition) is 3. The van der Waals surface area contributed by atoms with E-state index in [2.05, 4.69) is 29.7 Å². The summed E-state index contributed by atoms with van der Waals surface area (Å²) >= 11 is 0. The number of carbonyl (C=O) groups excluding carboxylic acids is 1. The summed E-state index contributed by atoms with van der Waals surface area (Å²) in [5, 5.41) is 6.50. The minimum Gasteiger partial charge on any atom is -0.482 e. The summed E-state index contributed by atoms with van der Waals surface area (Å²) in [4.78, 5) is 11.4. The zero-order valence-electron chi connectivity index (χ0n) is 11.9. The molecule has 1 fully saturated rings. The number of hydrogen-bond donors (Lipinski definition) is 2. The summed E-state index contributed by atoms with van der Waals surface area (Å²) in [5.41, 5.74) is 2.06. The Kier molecular flexibility index (Phi) is 3.92. The van der Waals surface area contributed by atoms with Gasteiger partial charge in [0.05, 0.1) is 5.69 Å². The van der Waals surface area contributed by atoms with Crippen molar-refractivity contribution in [2.24, 2.45) is 5.92 Å². The smallest absolute Gasteiger partial charge is 0.262 e. The molecule has 1 aromatic carbocycles. The Bertz CT molecular complexity index is 495. The third-order valence-electron chi connectivity index (χ3n) is 4.29. The fourth-order valence-corrected chi connectivity index (χ4v) is 3.36. The Morgan fingerprint density at radius 1 is 1.40 bits per heavy atom. The molecule has 1 aliphatic heterocycles. The van der Waals surface area contributed by atoms with Crippen molar-refractivity contribution in [2.75, 3.05) is 18.5 Å². The zero-order chi connectivity index (χ0) is 13.9. The Hall–Kier alpha value is -1.55. The normalized spacial score (nSPS) is 20.1. The average Bonchev–Trinajstić information content (AvgIpc) is 2.98. The average molecular weight is 274 g/mol. The number of benzene rings is 1. The lowest BCUT2D eigenvalue weighted by Gasteiger charge is -2.26. The number of anilines is 1. The van der Waals surface area contributed by atoms with Gasteiger partial charge in [0.15, 0.2) is 6.61 Å². The van der Waals surface area contributed by atoms with Gasteiger partial charge in [-0.05, 0) is 43.0 Å². The van der Waals surface area contributed by atoms with Crippen LogP contribution >= 0.6 is 0 Å². The van der Waals surface area contributed by atoms with Gasteiger partial charge in [0.1, 0.15) is 5.75 Å². The summed E-state index contributed by atoms with van der Waals surface area (Å²) in [5.74, 6) is 1.40. The van der Waals surface area contributed by atoms with Crippen molar-refractivity contribution in [1.29, 1.82) is 0 Å². The maximum atomic E-state index is 11.4. The number of fused-ring (bicyclic) bond motifs is 1. The molecule has 108 valence electrons. The fraction of sp³-hybridized carbons (Fsp3) is 0.562. The van der Waals surface area contributed by atoms with E-state index < -0.39 is 0 Å². The van der Waals surface area contributed by atoms with Crippen LogP contribution < -0.4 is 15.4 Å². The van der Waals surface area contributed by atoms with Gasteiger partial charge in [-0.3, -0.25) is 4.79 Å². The van der Waals surface area contributed by atoms with Gasteiger partial charge in [-0.1, -0.05) is 25.8 Å². The van der Waals surface area contributed by atoms with Crippen molar-refractivity contribution in [1.82, 2.24) is 5.32 Å². The van der Waals surface area contributed by atoms with E-state index in [1.807, 2.05) is 6.07 Å². The summed E-state index contributed by atoms with van der Waals surface area (Å²) < 4.78 is 5.42. The lowest BCUT2D eigenvalue weighted by Crippen LogP contribution is -2.28. The molecule has 1 amide bonds. The Balaban J connectivity index is 1.86. The molecule has 0 radical (unpaired) electrons. The van der Waals surface area contributed by atoms with Crippen LogP contribution in [-0.2, 0) is 4.79 Å². The first-order valence-electron chi connectivity index (χ1n) is 7.58. The molecule has 0 saturated heterocycles.